The molecule has 0 bridgehead atoms. The summed E-state index contributed by atoms with van der Waals surface area (Å²) < 4.78 is 6.08. The van der Waals surface area contributed by atoms with Crippen LogP contribution in [0.4, 0.5) is 0 Å². The number of rotatable bonds is 11. The van der Waals surface area contributed by atoms with Crippen LogP contribution in [-0.2, 0) is 11.3 Å². The van der Waals surface area contributed by atoms with Crippen LogP contribution in [0, 0.1) is 0 Å². The molecule has 0 fully saturated rings. The number of halogens is 1. The highest BCUT2D eigenvalue weighted by atomic mass is 35.5. The summed E-state index contributed by atoms with van der Waals surface area (Å²) in [6, 6.07) is 30.5. The third-order valence-electron chi connectivity index (χ3n) is 4.34. The van der Waals surface area contributed by atoms with Gasteiger partial charge in [0.1, 0.15) is 0 Å². The molecular formula is C24H25ClO2S2. The lowest BCUT2D eigenvalue weighted by atomic mass is 10.1. The van der Waals surface area contributed by atoms with Crippen LogP contribution in [0.3, 0.4) is 0 Å². The van der Waals surface area contributed by atoms with Crippen LogP contribution in [0.25, 0.3) is 0 Å². The van der Waals surface area contributed by atoms with E-state index in [1.807, 2.05) is 66.7 Å². The van der Waals surface area contributed by atoms with E-state index in [2.05, 4.69) is 24.3 Å². The molecule has 3 rings (SSSR count). The molecule has 1 N–H and O–H groups in total. The maximum atomic E-state index is 10.9. The fourth-order valence-corrected chi connectivity index (χ4v) is 5.78. The number of aliphatic hydroxyl groups excluding tert-OH is 1. The minimum Gasteiger partial charge on any atom is -0.390 e. The van der Waals surface area contributed by atoms with Crippen molar-refractivity contribution in [2.45, 2.75) is 39.6 Å². The summed E-state index contributed by atoms with van der Waals surface area (Å²) >= 11 is 9.65. The molecule has 29 heavy (non-hydrogen) atoms. The largest absolute Gasteiger partial charge is 0.390 e. The van der Waals surface area contributed by atoms with Crippen molar-refractivity contribution in [3.05, 3.63) is 96.6 Å². The zero-order valence-corrected chi connectivity index (χ0v) is 18.5. The Morgan fingerprint density at radius 1 is 0.759 bits per heavy atom. The Bertz CT molecular complexity index is 777. The van der Waals surface area contributed by atoms with E-state index in [0.717, 1.165) is 5.56 Å². The summed E-state index contributed by atoms with van der Waals surface area (Å²) in [4.78, 5) is 2.36. The van der Waals surface area contributed by atoms with Gasteiger partial charge < -0.3 is 9.84 Å². The molecule has 0 amide bonds. The molecule has 0 heterocycles. The molecule has 0 aliphatic carbocycles. The molecule has 152 valence electrons. The van der Waals surface area contributed by atoms with Gasteiger partial charge in [-0.1, -0.05) is 66.7 Å². The van der Waals surface area contributed by atoms with Crippen molar-refractivity contribution in [1.82, 2.24) is 0 Å². The van der Waals surface area contributed by atoms with Gasteiger partial charge in [0, 0.05) is 9.79 Å². The standard InChI is InChI=1S/C24H25ClO2S2/c25-17-23(27-18-19-10-4-1-5-11-19)22(26)16-24(28-20-12-6-2-7-13-20)29-21-14-8-3-9-15-21/h1-15,22-24,26H,16-18H2/t22-,23-/m1/s1. The van der Waals surface area contributed by atoms with Crippen molar-refractivity contribution >= 4 is 35.1 Å². The first-order valence-electron chi connectivity index (χ1n) is 9.57. The first-order valence-corrected chi connectivity index (χ1v) is 11.9. The van der Waals surface area contributed by atoms with Crippen molar-refractivity contribution in [2.75, 3.05) is 5.88 Å². The Balaban J connectivity index is 1.64. The number of hydrogen-bond donors (Lipinski definition) is 1. The van der Waals surface area contributed by atoms with Crippen molar-refractivity contribution in [1.29, 1.82) is 0 Å². The van der Waals surface area contributed by atoms with Crippen LogP contribution < -0.4 is 0 Å². The van der Waals surface area contributed by atoms with Crippen LogP contribution in [0.2, 0.25) is 0 Å². The van der Waals surface area contributed by atoms with Crippen LogP contribution >= 0.6 is 35.1 Å². The Hall–Kier alpha value is -1.43. The molecule has 0 unspecified atom stereocenters. The van der Waals surface area contributed by atoms with Gasteiger partial charge in [0.05, 0.1) is 29.3 Å². The molecule has 0 saturated heterocycles. The maximum Gasteiger partial charge on any atom is 0.0974 e. The van der Waals surface area contributed by atoms with E-state index in [-0.39, 0.29) is 10.5 Å². The van der Waals surface area contributed by atoms with E-state index in [4.69, 9.17) is 16.3 Å². The van der Waals surface area contributed by atoms with E-state index in [1.165, 1.54) is 9.79 Å². The highest BCUT2D eigenvalue weighted by Crippen LogP contribution is 2.38. The van der Waals surface area contributed by atoms with E-state index in [0.29, 0.717) is 13.0 Å². The smallest absolute Gasteiger partial charge is 0.0974 e. The summed E-state index contributed by atoms with van der Waals surface area (Å²) in [6.45, 7) is 0.442. The average Bonchev–Trinajstić information content (AvgIpc) is 2.76. The van der Waals surface area contributed by atoms with Crippen molar-refractivity contribution in [3.8, 4) is 0 Å². The predicted molar refractivity (Wildman–Crippen MR) is 125 cm³/mol. The number of hydrogen-bond acceptors (Lipinski definition) is 4. The van der Waals surface area contributed by atoms with Gasteiger partial charge in [0.15, 0.2) is 0 Å². The number of aliphatic hydroxyl groups is 1. The molecule has 0 saturated carbocycles. The van der Waals surface area contributed by atoms with Gasteiger partial charge >= 0.3 is 0 Å². The van der Waals surface area contributed by atoms with Gasteiger partial charge in [-0.15, -0.1) is 35.1 Å². The Kier molecular flexibility index (Phi) is 9.45. The lowest BCUT2D eigenvalue weighted by Crippen LogP contribution is -2.32. The van der Waals surface area contributed by atoms with Gasteiger partial charge in [-0.05, 0) is 36.2 Å². The molecule has 0 radical (unpaired) electrons. The third kappa shape index (κ3) is 7.72. The normalized spacial score (nSPS) is 13.3. The van der Waals surface area contributed by atoms with Crippen molar-refractivity contribution in [2.24, 2.45) is 0 Å². The molecule has 0 aliphatic rings. The second-order valence-corrected chi connectivity index (χ2v) is 9.74. The minimum absolute atomic E-state index is 0.140. The first kappa shape index (κ1) is 22.3. The zero-order chi connectivity index (χ0) is 20.3. The number of alkyl halides is 1. The monoisotopic (exact) mass is 444 g/mol. The highest BCUT2D eigenvalue weighted by Gasteiger charge is 2.25. The molecule has 2 atom stereocenters. The molecule has 0 aromatic heterocycles. The van der Waals surface area contributed by atoms with Crippen molar-refractivity contribution < 1.29 is 9.84 Å². The van der Waals surface area contributed by atoms with Gasteiger partial charge in [0.25, 0.3) is 0 Å². The Morgan fingerprint density at radius 3 is 1.72 bits per heavy atom. The lowest BCUT2D eigenvalue weighted by molar-refractivity contribution is -0.0342. The Labute approximate surface area is 186 Å². The van der Waals surface area contributed by atoms with Gasteiger partial charge in [-0.2, -0.15) is 0 Å². The fraction of sp³-hybridized carbons (Fsp3) is 0.250. The van der Waals surface area contributed by atoms with Gasteiger partial charge in [-0.25, -0.2) is 0 Å². The summed E-state index contributed by atoms with van der Waals surface area (Å²) in [7, 11) is 0. The molecular weight excluding hydrogens is 420 g/mol. The molecule has 3 aromatic rings. The van der Waals surface area contributed by atoms with Gasteiger partial charge in [-0.3, -0.25) is 0 Å². The average molecular weight is 445 g/mol. The summed E-state index contributed by atoms with van der Waals surface area (Å²) in [5.74, 6) is 0.257. The van der Waals surface area contributed by atoms with E-state index < -0.39 is 12.2 Å². The zero-order valence-electron chi connectivity index (χ0n) is 16.1. The van der Waals surface area contributed by atoms with E-state index >= 15 is 0 Å². The topological polar surface area (TPSA) is 29.5 Å². The highest BCUT2D eigenvalue weighted by molar-refractivity contribution is 8.17. The van der Waals surface area contributed by atoms with Crippen LogP contribution in [-0.4, -0.2) is 27.8 Å². The quantitative estimate of drug-likeness (QED) is 0.208. The fourth-order valence-electron chi connectivity index (χ4n) is 2.81. The summed E-state index contributed by atoms with van der Waals surface area (Å²) in [6.07, 6.45) is -0.480. The third-order valence-corrected chi connectivity index (χ3v) is 7.22. The number of benzene rings is 3. The summed E-state index contributed by atoms with van der Waals surface area (Å²) in [5.41, 5.74) is 1.07. The van der Waals surface area contributed by atoms with E-state index in [9.17, 15) is 5.11 Å². The first-order chi connectivity index (χ1) is 14.2. The molecule has 0 aliphatic heterocycles. The van der Waals surface area contributed by atoms with Crippen molar-refractivity contribution in [3.63, 3.8) is 0 Å². The summed E-state index contributed by atoms with van der Waals surface area (Å²) in [5, 5.41) is 10.9. The second-order valence-electron chi connectivity index (χ2n) is 6.58. The second kappa shape index (κ2) is 12.3. The van der Waals surface area contributed by atoms with Gasteiger partial charge in [0.2, 0.25) is 0 Å². The van der Waals surface area contributed by atoms with Crippen LogP contribution in [0.15, 0.2) is 101 Å². The molecule has 0 spiro atoms. The minimum atomic E-state index is -0.645. The molecule has 3 aromatic carbocycles. The molecule has 5 heteroatoms. The number of ether oxygens (including phenoxy) is 1. The molecule has 2 nitrogen and oxygen atoms in total. The maximum absolute atomic E-state index is 10.9. The lowest BCUT2D eigenvalue weighted by Gasteiger charge is -2.25. The van der Waals surface area contributed by atoms with Crippen LogP contribution in [0.1, 0.15) is 12.0 Å². The Morgan fingerprint density at radius 2 is 1.24 bits per heavy atom. The SMILES string of the molecule is O[C@H](CC(Sc1ccccc1)Sc1ccccc1)[C@@H](CCl)OCc1ccccc1. The van der Waals surface area contributed by atoms with Crippen LogP contribution in [0.5, 0.6) is 0 Å². The predicted octanol–water partition coefficient (Wildman–Crippen LogP) is 6.47. The van der Waals surface area contributed by atoms with E-state index in [1.54, 1.807) is 23.5 Å². The number of thioether (sulfide) groups is 2.